The van der Waals surface area contributed by atoms with E-state index >= 15 is 0 Å². The Balaban J connectivity index is 2.88. The second-order valence-electron chi connectivity index (χ2n) is 3.66. The molecule has 0 spiro atoms. The van der Waals surface area contributed by atoms with Crippen molar-refractivity contribution in [1.29, 1.82) is 0 Å². The van der Waals surface area contributed by atoms with Crippen molar-refractivity contribution in [2.24, 2.45) is 0 Å². The van der Waals surface area contributed by atoms with E-state index in [0.29, 0.717) is 17.3 Å². The Hall–Kier alpha value is -1.48. The number of rotatable bonds is 4. The predicted molar refractivity (Wildman–Crippen MR) is 66.3 cm³/mol. The minimum absolute atomic E-state index is 0.228. The second kappa shape index (κ2) is 5.56. The van der Waals surface area contributed by atoms with Crippen molar-refractivity contribution in [3.8, 4) is 0 Å². The summed E-state index contributed by atoms with van der Waals surface area (Å²) in [5, 5.41) is 12.5. The van der Waals surface area contributed by atoms with Gasteiger partial charge in [0, 0.05) is 11.6 Å². The van der Waals surface area contributed by atoms with Gasteiger partial charge < -0.3 is 10.4 Å². The first-order valence-corrected chi connectivity index (χ1v) is 5.28. The molecule has 1 aromatic rings. The fourth-order valence-corrected chi connectivity index (χ4v) is 1.39. The van der Waals surface area contributed by atoms with E-state index in [2.05, 4.69) is 5.32 Å². The summed E-state index contributed by atoms with van der Waals surface area (Å²) in [6, 6.07) is 4.68. The van der Waals surface area contributed by atoms with Gasteiger partial charge in [0.2, 0.25) is 0 Å². The molecule has 0 unspecified atom stereocenters. The number of aromatic carboxylic acids is 1. The zero-order valence-corrected chi connectivity index (χ0v) is 10.0. The van der Waals surface area contributed by atoms with Crippen LogP contribution >= 0.6 is 11.6 Å². The molecule has 0 aromatic heterocycles. The molecule has 3 nitrogen and oxygen atoms in total. The number of carboxylic acid groups (broad SMARTS) is 1. The highest BCUT2D eigenvalue weighted by molar-refractivity contribution is 6.31. The van der Waals surface area contributed by atoms with Crippen LogP contribution in [0.4, 0.5) is 5.69 Å². The first-order valence-electron chi connectivity index (χ1n) is 4.91. The van der Waals surface area contributed by atoms with Crippen molar-refractivity contribution in [3.63, 3.8) is 0 Å². The van der Waals surface area contributed by atoms with E-state index in [4.69, 9.17) is 16.7 Å². The summed E-state index contributed by atoms with van der Waals surface area (Å²) in [7, 11) is 0. The topological polar surface area (TPSA) is 49.3 Å². The van der Waals surface area contributed by atoms with E-state index in [1.165, 1.54) is 11.6 Å². The van der Waals surface area contributed by atoms with Gasteiger partial charge >= 0.3 is 5.97 Å². The number of hydrogen-bond donors (Lipinski definition) is 2. The molecule has 1 aromatic carbocycles. The Bertz CT molecular complexity index is 423. The molecule has 0 fully saturated rings. The minimum atomic E-state index is -0.962. The zero-order valence-electron chi connectivity index (χ0n) is 9.25. The van der Waals surface area contributed by atoms with E-state index in [0.717, 1.165) is 0 Å². The number of benzene rings is 1. The Morgan fingerprint density at radius 2 is 2.19 bits per heavy atom. The summed E-state index contributed by atoms with van der Waals surface area (Å²) in [5.74, 6) is -0.962. The van der Waals surface area contributed by atoms with Crippen LogP contribution in [0.25, 0.3) is 0 Å². The lowest BCUT2D eigenvalue weighted by molar-refractivity contribution is 0.0698. The van der Waals surface area contributed by atoms with Crippen molar-refractivity contribution in [1.82, 2.24) is 0 Å². The Kier molecular flexibility index (Phi) is 4.38. The molecule has 2 N–H and O–H groups in total. The van der Waals surface area contributed by atoms with Crippen molar-refractivity contribution in [2.75, 3.05) is 11.9 Å². The van der Waals surface area contributed by atoms with Gasteiger partial charge in [-0.15, -0.1) is 0 Å². The number of halogens is 1. The van der Waals surface area contributed by atoms with E-state index in [1.807, 2.05) is 19.9 Å². The minimum Gasteiger partial charge on any atom is -0.478 e. The molecule has 4 heteroatoms. The molecule has 0 saturated heterocycles. The molecule has 0 aliphatic heterocycles. The van der Waals surface area contributed by atoms with Crippen LogP contribution < -0.4 is 5.32 Å². The van der Waals surface area contributed by atoms with Crippen LogP contribution in [0.1, 0.15) is 24.2 Å². The number of carboxylic acids is 1. The molecule has 0 heterocycles. The molecule has 0 saturated carbocycles. The Morgan fingerprint density at radius 1 is 1.50 bits per heavy atom. The third-order valence-corrected chi connectivity index (χ3v) is 2.25. The molecule has 86 valence electrons. The monoisotopic (exact) mass is 239 g/mol. The van der Waals surface area contributed by atoms with E-state index in [-0.39, 0.29) is 5.56 Å². The molecule has 16 heavy (non-hydrogen) atoms. The Labute approximate surface area is 99.7 Å². The summed E-state index contributed by atoms with van der Waals surface area (Å²) in [6.45, 7) is 4.55. The van der Waals surface area contributed by atoms with Crippen LogP contribution in [0.3, 0.4) is 0 Å². The summed E-state index contributed by atoms with van der Waals surface area (Å²) < 4.78 is 0. The molecule has 0 aliphatic rings. The van der Waals surface area contributed by atoms with Gasteiger partial charge in [0.05, 0.1) is 11.3 Å². The van der Waals surface area contributed by atoms with Gasteiger partial charge in [-0.3, -0.25) is 0 Å². The SMILES string of the molecule is CC(C)=CCNc1cc(Cl)ccc1C(=O)O. The maximum Gasteiger partial charge on any atom is 0.337 e. The predicted octanol–water partition coefficient (Wildman–Crippen LogP) is 3.42. The van der Waals surface area contributed by atoms with Crippen LogP contribution in [0.2, 0.25) is 5.02 Å². The second-order valence-corrected chi connectivity index (χ2v) is 4.09. The van der Waals surface area contributed by atoms with Gasteiger partial charge in [0.25, 0.3) is 0 Å². The van der Waals surface area contributed by atoms with Gasteiger partial charge in [0.1, 0.15) is 0 Å². The third kappa shape index (κ3) is 3.59. The van der Waals surface area contributed by atoms with Crippen LogP contribution in [-0.2, 0) is 0 Å². The number of carbonyl (C=O) groups is 1. The largest absolute Gasteiger partial charge is 0.478 e. The average Bonchev–Trinajstić information content (AvgIpc) is 2.16. The fourth-order valence-electron chi connectivity index (χ4n) is 1.21. The van der Waals surface area contributed by atoms with E-state index < -0.39 is 5.97 Å². The highest BCUT2D eigenvalue weighted by Crippen LogP contribution is 2.20. The van der Waals surface area contributed by atoms with E-state index in [1.54, 1.807) is 12.1 Å². The molecular weight excluding hydrogens is 226 g/mol. The van der Waals surface area contributed by atoms with Gasteiger partial charge in [-0.2, -0.15) is 0 Å². The number of allylic oxidation sites excluding steroid dienone is 1. The number of hydrogen-bond acceptors (Lipinski definition) is 2. The lowest BCUT2D eigenvalue weighted by atomic mass is 10.2. The first kappa shape index (κ1) is 12.6. The van der Waals surface area contributed by atoms with Gasteiger partial charge in [0.15, 0.2) is 0 Å². The van der Waals surface area contributed by atoms with Crippen molar-refractivity contribution in [3.05, 3.63) is 40.4 Å². The highest BCUT2D eigenvalue weighted by Gasteiger charge is 2.09. The van der Waals surface area contributed by atoms with Crippen LogP contribution in [0.15, 0.2) is 29.8 Å². The van der Waals surface area contributed by atoms with Gasteiger partial charge in [-0.25, -0.2) is 4.79 Å². The summed E-state index contributed by atoms with van der Waals surface area (Å²) in [4.78, 5) is 10.9. The lowest BCUT2D eigenvalue weighted by Gasteiger charge is -2.08. The molecular formula is C12H14ClNO2. The molecule has 0 amide bonds. The van der Waals surface area contributed by atoms with Gasteiger partial charge in [-0.05, 0) is 32.0 Å². The quantitative estimate of drug-likeness (QED) is 0.792. The maximum absolute atomic E-state index is 10.9. The summed E-state index contributed by atoms with van der Waals surface area (Å²) >= 11 is 5.81. The highest BCUT2D eigenvalue weighted by atomic mass is 35.5. The standard InChI is InChI=1S/C12H14ClNO2/c1-8(2)5-6-14-11-7-9(13)3-4-10(11)12(15)16/h3-5,7,14H,6H2,1-2H3,(H,15,16). The van der Waals surface area contributed by atoms with Crippen molar-refractivity contribution >= 4 is 23.3 Å². The van der Waals surface area contributed by atoms with E-state index in [9.17, 15) is 4.79 Å². The number of anilines is 1. The lowest BCUT2D eigenvalue weighted by Crippen LogP contribution is -2.06. The number of nitrogens with one attached hydrogen (secondary N) is 1. The smallest absolute Gasteiger partial charge is 0.337 e. The summed E-state index contributed by atoms with van der Waals surface area (Å²) in [6.07, 6.45) is 1.98. The van der Waals surface area contributed by atoms with Gasteiger partial charge in [-0.1, -0.05) is 23.3 Å². The molecule has 0 radical (unpaired) electrons. The first-order chi connectivity index (χ1) is 7.50. The third-order valence-electron chi connectivity index (χ3n) is 2.01. The van der Waals surface area contributed by atoms with Crippen molar-refractivity contribution in [2.45, 2.75) is 13.8 Å². The molecule has 0 aliphatic carbocycles. The average molecular weight is 240 g/mol. The van der Waals surface area contributed by atoms with Crippen LogP contribution in [-0.4, -0.2) is 17.6 Å². The van der Waals surface area contributed by atoms with Crippen LogP contribution in [0.5, 0.6) is 0 Å². The van der Waals surface area contributed by atoms with Crippen molar-refractivity contribution < 1.29 is 9.90 Å². The fraction of sp³-hybridized carbons (Fsp3) is 0.250. The molecule has 0 bridgehead atoms. The zero-order chi connectivity index (χ0) is 12.1. The molecule has 1 rings (SSSR count). The van der Waals surface area contributed by atoms with Crippen LogP contribution in [0, 0.1) is 0 Å². The maximum atomic E-state index is 10.9. The molecule has 0 atom stereocenters. The summed E-state index contributed by atoms with van der Waals surface area (Å²) in [5.41, 5.74) is 1.94. The normalized spacial score (nSPS) is 9.69. The Morgan fingerprint density at radius 3 is 2.75 bits per heavy atom.